The highest BCUT2D eigenvalue weighted by Gasteiger charge is 2.40. The first-order valence-electron chi connectivity index (χ1n) is 10.2. The smallest absolute Gasteiger partial charge is 0.322 e. The molecule has 0 atom stereocenters. The molecule has 0 radical (unpaired) electrons. The molecular weight excluding hydrogens is 387 g/mol. The molecule has 10 heteroatoms. The molecule has 0 saturated heterocycles. The van der Waals surface area contributed by atoms with E-state index < -0.39 is 19.7 Å². The molecule has 4 N–H and O–H groups in total. The lowest BCUT2D eigenvalue weighted by atomic mass is 10.1. The zero-order valence-electron chi connectivity index (χ0n) is 17.9. The van der Waals surface area contributed by atoms with Crippen LogP contribution in [0.2, 0.25) is 0 Å². The average molecular weight is 429 g/mol. The van der Waals surface area contributed by atoms with E-state index in [1.165, 1.54) is 0 Å². The highest BCUT2D eigenvalue weighted by molar-refractivity contribution is 7.33. The maximum atomic E-state index is 13.0. The van der Waals surface area contributed by atoms with E-state index in [1.54, 1.807) is 9.80 Å². The third-order valence-corrected chi connectivity index (χ3v) is 6.48. The number of aliphatic hydroxyl groups excluding tert-OH is 4. The van der Waals surface area contributed by atoms with Crippen molar-refractivity contribution in [3.05, 3.63) is 0 Å². The zero-order chi connectivity index (χ0) is 21.6. The number of aliphatic hydroxyl groups is 4. The summed E-state index contributed by atoms with van der Waals surface area (Å²) in [4.78, 5) is 3.58. The van der Waals surface area contributed by atoms with E-state index in [0.29, 0.717) is 25.7 Å². The first-order chi connectivity index (χ1) is 13.4. The van der Waals surface area contributed by atoms with Crippen molar-refractivity contribution in [1.82, 2.24) is 9.80 Å². The van der Waals surface area contributed by atoms with Gasteiger partial charge in [0.15, 0.2) is 0 Å². The standard InChI is InChI=1S/C18H41N2O7P/c1-5-17(6-2,19(9-13-21)10-14-22)26-28(25)27-18(7-3,8-4)20(11-15-23)12-16-24/h21-24,28H,5-16H2,1-4H3. The van der Waals surface area contributed by atoms with Crippen LogP contribution < -0.4 is 0 Å². The molecule has 0 unspecified atom stereocenters. The van der Waals surface area contributed by atoms with E-state index >= 15 is 0 Å². The number of nitrogens with zero attached hydrogens (tertiary/aromatic N) is 2. The van der Waals surface area contributed by atoms with E-state index in [9.17, 15) is 25.0 Å². The molecule has 0 aromatic rings. The van der Waals surface area contributed by atoms with Crippen LogP contribution in [0.1, 0.15) is 53.4 Å². The molecule has 0 fully saturated rings. The number of hydrogen-bond donors (Lipinski definition) is 4. The quantitative estimate of drug-likeness (QED) is 0.187. The fourth-order valence-corrected chi connectivity index (χ4v) is 5.16. The predicted octanol–water partition coefficient (Wildman–Crippen LogP) is 1.02. The molecule has 0 aromatic heterocycles. The van der Waals surface area contributed by atoms with Crippen LogP contribution in [-0.2, 0) is 13.6 Å². The van der Waals surface area contributed by atoms with Gasteiger partial charge >= 0.3 is 8.25 Å². The van der Waals surface area contributed by atoms with Crippen molar-refractivity contribution >= 4 is 8.25 Å². The summed E-state index contributed by atoms with van der Waals surface area (Å²) in [5.41, 5.74) is -1.85. The van der Waals surface area contributed by atoms with Gasteiger partial charge in [-0.2, -0.15) is 0 Å². The van der Waals surface area contributed by atoms with Crippen LogP contribution in [0, 0.1) is 0 Å². The summed E-state index contributed by atoms with van der Waals surface area (Å²) in [6.07, 6.45) is 2.02. The molecule has 0 spiro atoms. The minimum atomic E-state index is -2.97. The van der Waals surface area contributed by atoms with Crippen molar-refractivity contribution < 1.29 is 34.0 Å². The predicted molar refractivity (Wildman–Crippen MR) is 109 cm³/mol. The Labute approximate surface area is 170 Å². The Morgan fingerprint density at radius 2 is 0.893 bits per heavy atom. The van der Waals surface area contributed by atoms with Gasteiger partial charge in [-0.1, -0.05) is 27.7 Å². The van der Waals surface area contributed by atoms with Gasteiger partial charge in [-0.25, -0.2) is 0 Å². The molecule has 170 valence electrons. The second-order valence-corrected chi connectivity index (χ2v) is 7.54. The largest absolute Gasteiger partial charge is 0.395 e. The van der Waals surface area contributed by atoms with Gasteiger partial charge in [0, 0.05) is 26.2 Å². The van der Waals surface area contributed by atoms with Crippen molar-refractivity contribution in [1.29, 1.82) is 0 Å². The van der Waals surface area contributed by atoms with Gasteiger partial charge in [0.25, 0.3) is 0 Å². The van der Waals surface area contributed by atoms with Crippen LogP contribution in [0.3, 0.4) is 0 Å². The van der Waals surface area contributed by atoms with E-state index in [-0.39, 0.29) is 52.6 Å². The summed E-state index contributed by atoms with van der Waals surface area (Å²) in [7, 11) is -2.97. The fraction of sp³-hybridized carbons (Fsp3) is 1.00. The van der Waals surface area contributed by atoms with E-state index in [0.717, 1.165) is 0 Å². The summed E-state index contributed by atoms with van der Waals surface area (Å²) in [6, 6.07) is 0. The van der Waals surface area contributed by atoms with Crippen LogP contribution in [-0.4, -0.2) is 94.3 Å². The second kappa shape index (κ2) is 14.8. The molecule has 0 aliphatic rings. The van der Waals surface area contributed by atoms with Crippen molar-refractivity contribution in [3.63, 3.8) is 0 Å². The molecular formula is C18H41N2O7P. The van der Waals surface area contributed by atoms with Gasteiger partial charge in [0.05, 0.1) is 26.4 Å². The van der Waals surface area contributed by atoms with Gasteiger partial charge < -0.3 is 20.4 Å². The van der Waals surface area contributed by atoms with Crippen LogP contribution in [0.4, 0.5) is 0 Å². The summed E-state index contributed by atoms with van der Waals surface area (Å²) < 4.78 is 24.9. The SMILES string of the molecule is CCC(CC)(O[PH](=O)OC(CC)(CC)N(CCO)CCO)N(CCO)CCO. The molecule has 0 rings (SSSR count). The molecule has 9 nitrogen and oxygen atoms in total. The Hall–Kier alpha value is -0.0900. The summed E-state index contributed by atoms with van der Waals surface area (Å²) in [5, 5.41) is 37.5. The lowest BCUT2D eigenvalue weighted by Crippen LogP contribution is -2.53. The van der Waals surface area contributed by atoms with Crippen molar-refractivity contribution in [2.24, 2.45) is 0 Å². The Balaban J connectivity index is 5.58. The molecule has 0 bridgehead atoms. The Morgan fingerprint density at radius 3 is 1.07 bits per heavy atom. The molecule has 0 aliphatic heterocycles. The number of hydrogen-bond acceptors (Lipinski definition) is 9. The minimum Gasteiger partial charge on any atom is -0.395 e. The van der Waals surface area contributed by atoms with Crippen LogP contribution in [0.15, 0.2) is 0 Å². The van der Waals surface area contributed by atoms with Crippen LogP contribution in [0.5, 0.6) is 0 Å². The first-order valence-corrected chi connectivity index (χ1v) is 11.5. The maximum Gasteiger partial charge on any atom is 0.322 e. The van der Waals surface area contributed by atoms with Gasteiger partial charge in [-0.05, 0) is 25.7 Å². The molecule has 0 amide bonds. The lowest BCUT2D eigenvalue weighted by Gasteiger charge is -2.45. The van der Waals surface area contributed by atoms with Gasteiger partial charge in [-0.3, -0.25) is 23.4 Å². The van der Waals surface area contributed by atoms with E-state index in [4.69, 9.17) is 9.05 Å². The van der Waals surface area contributed by atoms with Crippen LogP contribution >= 0.6 is 8.25 Å². The minimum absolute atomic E-state index is 0.110. The van der Waals surface area contributed by atoms with Gasteiger partial charge in [0.2, 0.25) is 0 Å². The second-order valence-electron chi connectivity index (χ2n) is 6.63. The highest BCUT2D eigenvalue weighted by Crippen LogP contribution is 2.43. The third kappa shape index (κ3) is 7.63. The first kappa shape index (κ1) is 27.9. The zero-order valence-corrected chi connectivity index (χ0v) is 18.9. The number of rotatable bonds is 18. The normalized spacial score (nSPS) is 13.2. The topological polar surface area (TPSA) is 123 Å². The Kier molecular flexibility index (Phi) is 14.8. The van der Waals surface area contributed by atoms with Crippen LogP contribution in [0.25, 0.3) is 0 Å². The fourth-order valence-electron chi connectivity index (χ4n) is 3.66. The summed E-state index contributed by atoms with van der Waals surface area (Å²) in [6.45, 7) is 8.29. The van der Waals surface area contributed by atoms with Crippen molar-refractivity contribution in [2.75, 3.05) is 52.6 Å². The van der Waals surface area contributed by atoms with E-state index in [1.807, 2.05) is 27.7 Å². The highest BCUT2D eigenvalue weighted by atomic mass is 31.1. The Bertz CT molecular complexity index is 373. The van der Waals surface area contributed by atoms with Gasteiger partial charge in [-0.15, -0.1) is 0 Å². The lowest BCUT2D eigenvalue weighted by molar-refractivity contribution is -0.136. The molecule has 0 aromatic carbocycles. The molecule has 0 saturated carbocycles. The molecule has 28 heavy (non-hydrogen) atoms. The maximum absolute atomic E-state index is 13.0. The van der Waals surface area contributed by atoms with E-state index in [2.05, 4.69) is 0 Å². The third-order valence-electron chi connectivity index (χ3n) is 5.39. The average Bonchev–Trinajstić information content (AvgIpc) is 2.70. The molecule has 0 heterocycles. The van der Waals surface area contributed by atoms with Gasteiger partial charge in [0.1, 0.15) is 11.4 Å². The van der Waals surface area contributed by atoms with Crippen molar-refractivity contribution in [3.8, 4) is 0 Å². The summed E-state index contributed by atoms with van der Waals surface area (Å²) in [5.74, 6) is 0. The Morgan fingerprint density at radius 1 is 0.643 bits per heavy atom. The molecule has 0 aliphatic carbocycles. The van der Waals surface area contributed by atoms with Crippen molar-refractivity contribution in [2.45, 2.75) is 64.8 Å². The summed E-state index contributed by atoms with van der Waals surface area (Å²) >= 11 is 0. The monoisotopic (exact) mass is 428 g/mol.